The summed E-state index contributed by atoms with van der Waals surface area (Å²) in [4.78, 5) is 39.7. The zero-order valence-corrected chi connectivity index (χ0v) is 15.3. The van der Waals surface area contributed by atoms with Crippen molar-refractivity contribution in [1.29, 1.82) is 0 Å². The van der Waals surface area contributed by atoms with Crippen LogP contribution < -0.4 is 5.32 Å². The summed E-state index contributed by atoms with van der Waals surface area (Å²) in [6.07, 6.45) is 1.87. The highest BCUT2D eigenvalue weighted by atomic mass is 79.9. The van der Waals surface area contributed by atoms with Crippen LogP contribution in [-0.2, 0) is 16.1 Å². The molecule has 128 valence electrons. The molecule has 1 unspecified atom stereocenters. The van der Waals surface area contributed by atoms with Crippen molar-refractivity contribution >= 4 is 33.8 Å². The molecule has 2 fully saturated rings. The standard InChI is InChI=1S/C17H20BrN3O3/c1-17(12-7-8-12)15(23)21(16(24)19-17)10-14(22)20(2)9-11-5-3-4-6-13(11)18/h3-6,12H,7-10H2,1-2H3,(H,19,24). The van der Waals surface area contributed by atoms with Gasteiger partial charge in [0.05, 0.1) is 0 Å². The van der Waals surface area contributed by atoms with Gasteiger partial charge in [-0.15, -0.1) is 0 Å². The van der Waals surface area contributed by atoms with Crippen LogP contribution in [0.4, 0.5) is 4.79 Å². The third-order valence-corrected chi connectivity index (χ3v) is 5.55. The van der Waals surface area contributed by atoms with E-state index < -0.39 is 11.6 Å². The van der Waals surface area contributed by atoms with Gasteiger partial charge >= 0.3 is 6.03 Å². The van der Waals surface area contributed by atoms with Crippen molar-refractivity contribution < 1.29 is 14.4 Å². The summed E-state index contributed by atoms with van der Waals surface area (Å²) in [6, 6.07) is 7.16. The Bertz CT molecular complexity index is 704. The Balaban J connectivity index is 1.65. The average Bonchev–Trinajstić information content (AvgIpc) is 3.35. The van der Waals surface area contributed by atoms with Crippen molar-refractivity contribution in [2.45, 2.75) is 31.8 Å². The van der Waals surface area contributed by atoms with Crippen molar-refractivity contribution in [2.75, 3.05) is 13.6 Å². The fourth-order valence-corrected chi connectivity index (χ4v) is 3.43. The number of carbonyl (C=O) groups excluding carboxylic acids is 3. The average molecular weight is 394 g/mol. The minimum Gasteiger partial charge on any atom is -0.340 e. The van der Waals surface area contributed by atoms with E-state index in [9.17, 15) is 14.4 Å². The largest absolute Gasteiger partial charge is 0.340 e. The number of halogens is 1. The highest BCUT2D eigenvalue weighted by Gasteiger charge is 2.56. The van der Waals surface area contributed by atoms with E-state index in [1.165, 1.54) is 4.90 Å². The van der Waals surface area contributed by atoms with Crippen molar-refractivity contribution in [1.82, 2.24) is 15.1 Å². The van der Waals surface area contributed by atoms with Gasteiger partial charge in [-0.2, -0.15) is 0 Å². The minimum atomic E-state index is -0.849. The van der Waals surface area contributed by atoms with Gasteiger partial charge in [-0.1, -0.05) is 34.1 Å². The Hall–Kier alpha value is -1.89. The summed E-state index contributed by atoms with van der Waals surface area (Å²) in [6.45, 7) is 1.93. The van der Waals surface area contributed by atoms with Crippen LogP contribution in [0.2, 0.25) is 0 Å². The topological polar surface area (TPSA) is 69.7 Å². The molecule has 1 aliphatic carbocycles. The molecule has 6 nitrogen and oxygen atoms in total. The molecule has 0 bridgehead atoms. The predicted molar refractivity (Wildman–Crippen MR) is 92.0 cm³/mol. The van der Waals surface area contributed by atoms with E-state index >= 15 is 0 Å². The van der Waals surface area contributed by atoms with Gasteiger partial charge < -0.3 is 10.2 Å². The number of benzene rings is 1. The van der Waals surface area contributed by atoms with E-state index in [-0.39, 0.29) is 24.3 Å². The predicted octanol–water partition coefficient (Wildman–Crippen LogP) is 2.13. The molecular weight excluding hydrogens is 374 g/mol. The lowest BCUT2D eigenvalue weighted by Crippen LogP contribution is -2.47. The number of hydrogen-bond acceptors (Lipinski definition) is 3. The Morgan fingerprint density at radius 3 is 2.67 bits per heavy atom. The number of imide groups is 1. The maximum Gasteiger partial charge on any atom is 0.325 e. The molecule has 0 spiro atoms. The Morgan fingerprint density at radius 2 is 2.04 bits per heavy atom. The van der Waals surface area contributed by atoms with Crippen LogP contribution in [0.5, 0.6) is 0 Å². The van der Waals surface area contributed by atoms with Crippen LogP contribution >= 0.6 is 15.9 Å². The van der Waals surface area contributed by atoms with Crippen LogP contribution in [-0.4, -0.2) is 46.8 Å². The molecule has 7 heteroatoms. The second kappa shape index (κ2) is 6.20. The van der Waals surface area contributed by atoms with Crippen LogP contribution in [0.25, 0.3) is 0 Å². The molecule has 1 aromatic carbocycles. The lowest BCUT2D eigenvalue weighted by Gasteiger charge is -2.23. The van der Waals surface area contributed by atoms with E-state index in [1.807, 2.05) is 24.3 Å². The van der Waals surface area contributed by atoms with Gasteiger partial charge in [-0.3, -0.25) is 14.5 Å². The summed E-state index contributed by atoms with van der Waals surface area (Å²) >= 11 is 3.45. The molecule has 1 heterocycles. The Morgan fingerprint density at radius 1 is 1.38 bits per heavy atom. The molecule has 3 rings (SSSR count). The van der Waals surface area contributed by atoms with Crippen LogP contribution in [0, 0.1) is 5.92 Å². The van der Waals surface area contributed by atoms with E-state index in [0.29, 0.717) is 6.54 Å². The zero-order valence-electron chi connectivity index (χ0n) is 13.7. The van der Waals surface area contributed by atoms with Crippen molar-refractivity contribution in [3.8, 4) is 0 Å². The number of urea groups is 1. The Kier molecular flexibility index (Phi) is 4.38. The molecule has 0 aromatic heterocycles. The molecule has 1 N–H and O–H groups in total. The molecular formula is C17H20BrN3O3. The van der Waals surface area contributed by atoms with Gasteiger partial charge in [0.25, 0.3) is 5.91 Å². The van der Waals surface area contributed by atoms with Crippen molar-refractivity contribution in [3.63, 3.8) is 0 Å². The maximum absolute atomic E-state index is 12.6. The van der Waals surface area contributed by atoms with Gasteiger partial charge in [0.1, 0.15) is 12.1 Å². The zero-order chi connectivity index (χ0) is 17.5. The third kappa shape index (κ3) is 3.05. The number of nitrogens with zero attached hydrogens (tertiary/aromatic N) is 2. The van der Waals surface area contributed by atoms with E-state index in [1.54, 1.807) is 14.0 Å². The number of nitrogens with one attached hydrogen (secondary N) is 1. The monoisotopic (exact) mass is 393 g/mol. The minimum absolute atomic E-state index is 0.187. The fraction of sp³-hybridized carbons (Fsp3) is 0.471. The number of amides is 4. The lowest BCUT2D eigenvalue weighted by atomic mass is 9.96. The van der Waals surface area contributed by atoms with Gasteiger partial charge in [0.15, 0.2) is 0 Å². The fourth-order valence-electron chi connectivity index (χ4n) is 3.02. The molecule has 1 saturated heterocycles. The first kappa shape index (κ1) is 17.0. The highest BCUT2D eigenvalue weighted by Crippen LogP contribution is 2.42. The molecule has 1 aromatic rings. The summed E-state index contributed by atoms with van der Waals surface area (Å²) in [5.74, 6) is -0.376. The number of likely N-dealkylation sites (N-methyl/N-ethyl adjacent to an activating group) is 1. The SMILES string of the molecule is CN(Cc1ccccc1Br)C(=O)CN1C(=O)NC(C)(C2CC2)C1=O. The number of carbonyl (C=O) groups is 3. The van der Waals surface area contributed by atoms with E-state index in [0.717, 1.165) is 27.8 Å². The quantitative estimate of drug-likeness (QED) is 0.778. The summed E-state index contributed by atoms with van der Waals surface area (Å²) < 4.78 is 0.918. The highest BCUT2D eigenvalue weighted by molar-refractivity contribution is 9.10. The second-order valence-corrected chi connectivity index (χ2v) is 7.49. The van der Waals surface area contributed by atoms with Crippen LogP contribution in [0.3, 0.4) is 0 Å². The van der Waals surface area contributed by atoms with Crippen LogP contribution in [0.15, 0.2) is 28.7 Å². The molecule has 4 amide bonds. The van der Waals surface area contributed by atoms with Crippen LogP contribution in [0.1, 0.15) is 25.3 Å². The first-order valence-electron chi connectivity index (χ1n) is 7.94. The first-order valence-corrected chi connectivity index (χ1v) is 8.73. The molecule has 24 heavy (non-hydrogen) atoms. The molecule has 2 aliphatic rings. The molecule has 0 radical (unpaired) electrons. The molecule has 1 aliphatic heterocycles. The number of rotatable bonds is 5. The second-order valence-electron chi connectivity index (χ2n) is 6.64. The maximum atomic E-state index is 12.6. The Labute approximate surface area is 149 Å². The smallest absolute Gasteiger partial charge is 0.325 e. The van der Waals surface area contributed by atoms with Gasteiger partial charge in [-0.05, 0) is 37.3 Å². The lowest BCUT2D eigenvalue weighted by molar-refractivity contribution is -0.138. The van der Waals surface area contributed by atoms with Crippen molar-refractivity contribution in [3.05, 3.63) is 34.3 Å². The van der Waals surface area contributed by atoms with Gasteiger partial charge in [0, 0.05) is 18.1 Å². The molecule has 1 atom stereocenters. The normalized spacial score (nSPS) is 23.4. The molecule has 1 saturated carbocycles. The van der Waals surface area contributed by atoms with E-state index in [4.69, 9.17) is 0 Å². The van der Waals surface area contributed by atoms with E-state index in [2.05, 4.69) is 21.2 Å². The van der Waals surface area contributed by atoms with Gasteiger partial charge in [-0.25, -0.2) is 4.79 Å². The van der Waals surface area contributed by atoms with Gasteiger partial charge in [0.2, 0.25) is 5.91 Å². The van der Waals surface area contributed by atoms with Crippen molar-refractivity contribution in [2.24, 2.45) is 5.92 Å². The number of hydrogen-bond donors (Lipinski definition) is 1. The summed E-state index contributed by atoms with van der Waals surface area (Å²) in [7, 11) is 1.67. The third-order valence-electron chi connectivity index (χ3n) is 4.78. The summed E-state index contributed by atoms with van der Waals surface area (Å²) in [5, 5.41) is 2.75. The summed E-state index contributed by atoms with van der Waals surface area (Å²) in [5.41, 5.74) is 0.117. The first-order chi connectivity index (χ1) is 11.3.